The minimum absolute atomic E-state index is 0.394. The average Bonchev–Trinajstić information content (AvgIpc) is 2.76. The Morgan fingerprint density at radius 1 is 1.41 bits per heavy atom. The second kappa shape index (κ2) is 5.39. The van der Waals surface area contributed by atoms with Crippen LogP contribution in [0.3, 0.4) is 0 Å². The zero-order valence-corrected chi connectivity index (χ0v) is 9.73. The maximum absolute atomic E-state index is 10.8. The standard InChI is InChI=1S/C13H15NO3/c1-16-13(15)14-8-4-6-11-9-10-5-2-3-7-12(10)17-11/h2-3,5,7,9H,4,6,8H2,1H3,(H,14,15). The Morgan fingerprint density at radius 2 is 2.24 bits per heavy atom. The number of nitrogens with one attached hydrogen (secondary N) is 1. The van der Waals surface area contributed by atoms with Gasteiger partial charge in [0.2, 0.25) is 0 Å². The molecule has 0 aliphatic carbocycles. The molecule has 0 fully saturated rings. The lowest BCUT2D eigenvalue weighted by atomic mass is 10.2. The topological polar surface area (TPSA) is 51.5 Å². The number of hydrogen-bond donors (Lipinski definition) is 1. The van der Waals surface area contributed by atoms with Gasteiger partial charge in [-0.3, -0.25) is 0 Å². The number of alkyl carbamates (subject to hydrolysis) is 1. The molecule has 0 unspecified atom stereocenters. The molecule has 0 radical (unpaired) electrons. The maximum Gasteiger partial charge on any atom is 0.406 e. The van der Waals surface area contributed by atoms with Gasteiger partial charge in [-0.2, -0.15) is 0 Å². The van der Waals surface area contributed by atoms with Crippen molar-refractivity contribution >= 4 is 17.1 Å². The summed E-state index contributed by atoms with van der Waals surface area (Å²) >= 11 is 0. The molecule has 2 aromatic rings. The van der Waals surface area contributed by atoms with Crippen LogP contribution in [-0.4, -0.2) is 19.7 Å². The molecular weight excluding hydrogens is 218 g/mol. The second-order valence-corrected chi connectivity index (χ2v) is 3.77. The van der Waals surface area contributed by atoms with Crippen molar-refractivity contribution in [3.63, 3.8) is 0 Å². The molecule has 0 saturated carbocycles. The van der Waals surface area contributed by atoms with Crippen molar-refractivity contribution in [2.24, 2.45) is 0 Å². The third-order valence-electron chi connectivity index (χ3n) is 2.53. The first-order chi connectivity index (χ1) is 8.29. The highest BCUT2D eigenvalue weighted by Crippen LogP contribution is 2.19. The van der Waals surface area contributed by atoms with Crippen molar-refractivity contribution < 1.29 is 13.9 Å². The number of fused-ring (bicyclic) bond motifs is 1. The molecule has 2 rings (SSSR count). The molecule has 0 spiro atoms. The third-order valence-corrected chi connectivity index (χ3v) is 2.53. The number of carbonyl (C=O) groups is 1. The molecule has 0 bridgehead atoms. The van der Waals surface area contributed by atoms with Gasteiger partial charge in [0.25, 0.3) is 0 Å². The fourth-order valence-corrected chi connectivity index (χ4v) is 1.69. The van der Waals surface area contributed by atoms with Crippen LogP contribution in [0.4, 0.5) is 4.79 Å². The summed E-state index contributed by atoms with van der Waals surface area (Å²) in [6.07, 6.45) is 1.24. The lowest BCUT2D eigenvalue weighted by molar-refractivity contribution is 0.171. The highest BCUT2D eigenvalue weighted by molar-refractivity contribution is 5.77. The number of hydrogen-bond acceptors (Lipinski definition) is 3. The van der Waals surface area contributed by atoms with Gasteiger partial charge in [-0.15, -0.1) is 0 Å². The largest absolute Gasteiger partial charge is 0.461 e. The van der Waals surface area contributed by atoms with Crippen LogP contribution in [0.25, 0.3) is 11.0 Å². The molecule has 0 saturated heterocycles. The summed E-state index contributed by atoms with van der Waals surface area (Å²) in [6.45, 7) is 0.587. The van der Waals surface area contributed by atoms with E-state index >= 15 is 0 Å². The Bertz CT molecular complexity index is 471. The van der Waals surface area contributed by atoms with Crippen molar-refractivity contribution in [1.82, 2.24) is 5.32 Å². The molecule has 4 nitrogen and oxygen atoms in total. The second-order valence-electron chi connectivity index (χ2n) is 3.77. The zero-order chi connectivity index (χ0) is 12.1. The lowest BCUT2D eigenvalue weighted by Gasteiger charge is -2.01. The fraction of sp³-hybridized carbons (Fsp3) is 0.308. The molecule has 0 aliphatic rings. The Labute approximate surface area is 99.6 Å². The van der Waals surface area contributed by atoms with Gasteiger partial charge in [0.15, 0.2) is 0 Å². The van der Waals surface area contributed by atoms with Crippen LogP contribution in [0.15, 0.2) is 34.7 Å². The molecule has 0 atom stereocenters. The summed E-state index contributed by atoms with van der Waals surface area (Å²) < 4.78 is 10.1. The quantitative estimate of drug-likeness (QED) is 0.826. The van der Waals surface area contributed by atoms with Crippen LogP contribution in [-0.2, 0) is 11.2 Å². The first-order valence-corrected chi connectivity index (χ1v) is 5.59. The third kappa shape index (κ3) is 3.00. The Hall–Kier alpha value is -1.97. The van der Waals surface area contributed by atoms with Gasteiger partial charge in [-0.1, -0.05) is 18.2 Å². The van der Waals surface area contributed by atoms with Crippen LogP contribution < -0.4 is 5.32 Å². The highest BCUT2D eigenvalue weighted by Gasteiger charge is 2.03. The van der Waals surface area contributed by atoms with Crippen molar-refractivity contribution in [1.29, 1.82) is 0 Å². The SMILES string of the molecule is COC(=O)NCCCc1cc2ccccc2o1. The summed E-state index contributed by atoms with van der Waals surface area (Å²) in [5.74, 6) is 0.942. The number of para-hydroxylation sites is 1. The van der Waals surface area contributed by atoms with Crippen molar-refractivity contribution in [3.8, 4) is 0 Å². The summed E-state index contributed by atoms with van der Waals surface area (Å²) in [4.78, 5) is 10.8. The number of rotatable bonds is 4. The fourth-order valence-electron chi connectivity index (χ4n) is 1.69. The summed E-state index contributed by atoms with van der Waals surface area (Å²) in [7, 11) is 1.36. The van der Waals surface area contributed by atoms with Gasteiger partial charge < -0.3 is 14.5 Å². The number of ether oxygens (including phenoxy) is 1. The van der Waals surface area contributed by atoms with E-state index in [9.17, 15) is 4.79 Å². The first-order valence-electron chi connectivity index (χ1n) is 5.59. The van der Waals surface area contributed by atoms with E-state index in [0.717, 1.165) is 29.6 Å². The van der Waals surface area contributed by atoms with E-state index in [2.05, 4.69) is 10.1 Å². The number of amides is 1. The predicted molar refractivity (Wildman–Crippen MR) is 64.9 cm³/mol. The molecule has 4 heteroatoms. The number of benzene rings is 1. The Morgan fingerprint density at radius 3 is 3.00 bits per heavy atom. The van der Waals surface area contributed by atoms with Crippen LogP contribution in [0, 0.1) is 0 Å². The predicted octanol–water partition coefficient (Wildman–Crippen LogP) is 2.72. The monoisotopic (exact) mass is 233 g/mol. The molecule has 90 valence electrons. The van der Waals surface area contributed by atoms with Gasteiger partial charge in [-0.05, 0) is 18.6 Å². The number of aryl methyl sites for hydroxylation is 1. The highest BCUT2D eigenvalue weighted by atomic mass is 16.5. The average molecular weight is 233 g/mol. The van der Waals surface area contributed by atoms with E-state index in [4.69, 9.17) is 4.42 Å². The van der Waals surface area contributed by atoms with E-state index in [1.54, 1.807) is 0 Å². The number of furan rings is 1. The van der Waals surface area contributed by atoms with E-state index in [-0.39, 0.29) is 0 Å². The molecule has 17 heavy (non-hydrogen) atoms. The van der Waals surface area contributed by atoms with Crippen molar-refractivity contribution in [3.05, 3.63) is 36.1 Å². The lowest BCUT2D eigenvalue weighted by Crippen LogP contribution is -2.24. The van der Waals surface area contributed by atoms with E-state index < -0.39 is 6.09 Å². The van der Waals surface area contributed by atoms with Gasteiger partial charge in [0.05, 0.1) is 7.11 Å². The zero-order valence-electron chi connectivity index (χ0n) is 9.73. The normalized spacial score (nSPS) is 10.4. The Balaban J connectivity index is 1.85. The number of methoxy groups -OCH3 is 1. The molecular formula is C13H15NO3. The summed E-state index contributed by atoms with van der Waals surface area (Å²) in [5.41, 5.74) is 0.906. The van der Waals surface area contributed by atoms with Crippen LogP contribution in [0.1, 0.15) is 12.2 Å². The molecule has 1 aromatic heterocycles. The van der Waals surface area contributed by atoms with Crippen LogP contribution >= 0.6 is 0 Å². The smallest absolute Gasteiger partial charge is 0.406 e. The van der Waals surface area contributed by atoms with Gasteiger partial charge in [0.1, 0.15) is 11.3 Å². The van der Waals surface area contributed by atoms with Crippen molar-refractivity contribution in [2.45, 2.75) is 12.8 Å². The summed E-state index contributed by atoms with van der Waals surface area (Å²) in [6, 6.07) is 9.95. The van der Waals surface area contributed by atoms with E-state index in [0.29, 0.717) is 6.54 Å². The molecule has 0 aliphatic heterocycles. The maximum atomic E-state index is 10.8. The van der Waals surface area contributed by atoms with Crippen LogP contribution in [0.5, 0.6) is 0 Å². The van der Waals surface area contributed by atoms with Gasteiger partial charge >= 0.3 is 6.09 Å². The van der Waals surface area contributed by atoms with E-state index in [1.807, 2.05) is 30.3 Å². The molecule has 1 aromatic carbocycles. The minimum Gasteiger partial charge on any atom is -0.461 e. The summed E-state index contributed by atoms with van der Waals surface area (Å²) in [5, 5.41) is 3.75. The Kier molecular flexibility index (Phi) is 3.65. The van der Waals surface area contributed by atoms with Gasteiger partial charge in [-0.25, -0.2) is 4.79 Å². The molecule has 1 amide bonds. The van der Waals surface area contributed by atoms with Gasteiger partial charge in [0, 0.05) is 18.4 Å². The minimum atomic E-state index is -0.394. The van der Waals surface area contributed by atoms with E-state index in [1.165, 1.54) is 7.11 Å². The molecule has 1 N–H and O–H groups in total. The van der Waals surface area contributed by atoms with Crippen molar-refractivity contribution in [2.75, 3.05) is 13.7 Å². The molecule has 1 heterocycles. The number of carbonyl (C=O) groups excluding carboxylic acids is 1. The first kappa shape index (κ1) is 11.5. The van der Waals surface area contributed by atoms with Crippen LogP contribution in [0.2, 0.25) is 0 Å².